The molecule has 1 aliphatic rings. The number of thiazole rings is 1. The van der Waals surface area contributed by atoms with Gasteiger partial charge in [0.15, 0.2) is 16.7 Å². The molecule has 8 heteroatoms. The minimum Gasteiger partial charge on any atom is -0.505 e. The molecule has 0 saturated carbocycles. The molecule has 0 radical (unpaired) electrons. The summed E-state index contributed by atoms with van der Waals surface area (Å²) < 4.78 is 13.6. The Bertz CT molecular complexity index is 1080. The molecule has 1 fully saturated rings. The number of halogens is 1. The number of phenolic OH excluding ortho intramolecular Hbond substituents is 1. The SMILES string of the molecule is CCN1CCCC(c2ccc(Nc3nc(N)c(C(=O)c4ccc(O)c(F)c4)s3)cc2)C1. The molecule has 1 atom stereocenters. The first-order valence-corrected chi connectivity index (χ1v) is 11.1. The second-order valence-electron chi connectivity index (χ2n) is 7.71. The number of nitrogens with two attached hydrogens (primary N) is 1. The summed E-state index contributed by atoms with van der Waals surface area (Å²) in [6, 6.07) is 11.8. The molecule has 0 amide bonds. The summed E-state index contributed by atoms with van der Waals surface area (Å²) in [5.41, 5.74) is 8.23. The fourth-order valence-corrected chi connectivity index (χ4v) is 4.77. The van der Waals surface area contributed by atoms with Crippen LogP contribution in [0, 0.1) is 5.82 Å². The topological polar surface area (TPSA) is 91.5 Å². The Kier molecular flexibility index (Phi) is 6.20. The van der Waals surface area contributed by atoms with Crippen LogP contribution in [-0.4, -0.2) is 40.4 Å². The average Bonchev–Trinajstić information content (AvgIpc) is 3.15. The zero-order chi connectivity index (χ0) is 22.0. The van der Waals surface area contributed by atoms with Gasteiger partial charge >= 0.3 is 0 Å². The number of hydrogen-bond acceptors (Lipinski definition) is 7. The number of carbonyl (C=O) groups is 1. The molecule has 0 aliphatic carbocycles. The smallest absolute Gasteiger partial charge is 0.206 e. The molecule has 162 valence electrons. The molecule has 0 bridgehead atoms. The highest BCUT2D eigenvalue weighted by atomic mass is 32.1. The predicted octanol–water partition coefficient (Wildman–Crippen LogP) is 4.74. The number of phenols is 1. The molecule has 4 rings (SSSR count). The van der Waals surface area contributed by atoms with Crippen molar-refractivity contribution in [1.82, 2.24) is 9.88 Å². The molecule has 2 aromatic carbocycles. The Morgan fingerprint density at radius 2 is 2.10 bits per heavy atom. The molecule has 1 unspecified atom stereocenters. The van der Waals surface area contributed by atoms with Crippen molar-refractivity contribution in [2.75, 3.05) is 30.7 Å². The molecule has 31 heavy (non-hydrogen) atoms. The van der Waals surface area contributed by atoms with Crippen molar-refractivity contribution in [3.8, 4) is 5.75 Å². The van der Waals surface area contributed by atoms with Gasteiger partial charge in [-0.3, -0.25) is 4.79 Å². The summed E-state index contributed by atoms with van der Waals surface area (Å²) in [6.07, 6.45) is 2.42. The van der Waals surface area contributed by atoms with Crippen molar-refractivity contribution in [2.45, 2.75) is 25.7 Å². The second kappa shape index (κ2) is 9.03. The predicted molar refractivity (Wildman–Crippen MR) is 122 cm³/mol. The number of piperidine rings is 1. The number of nitrogens with zero attached hydrogens (tertiary/aromatic N) is 2. The number of carbonyl (C=O) groups excluding carboxylic acids is 1. The van der Waals surface area contributed by atoms with Gasteiger partial charge in [0, 0.05) is 17.8 Å². The van der Waals surface area contributed by atoms with Gasteiger partial charge in [0.1, 0.15) is 10.7 Å². The van der Waals surface area contributed by atoms with Gasteiger partial charge in [-0.25, -0.2) is 9.37 Å². The van der Waals surface area contributed by atoms with E-state index in [0.29, 0.717) is 11.0 Å². The van der Waals surface area contributed by atoms with Crippen LogP contribution in [0.1, 0.15) is 46.5 Å². The molecule has 0 spiro atoms. The van der Waals surface area contributed by atoms with Crippen molar-refractivity contribution in [3.63, 3.8) is 0 Å². The normalized spacial score (nSPS) is 16.9. The number of likely N-dealkylation sites (N-methyl/N-ethyl adjacent to an activating group) is 1. The summed E-state index contributed by atoms with van der Waals surface area (Å²) >= 11 is 1.11. The number of aromatic hydroxyl groups is 1. The molecule has 1 aromatic heterocycles. The lowest BCUT2D eigenvalue weighted by molar-refractivity contribution is 0.104. The summed E-state index contributed by atoms with van der Waals surface area (Å²) in [7, 11) is 0. The van der Waals surface area contributed by atoms with Crippen LogP contribution >= 0.6 is 11.3 Å². The van der Waals surface area contributed by atoms with E-state index in [1.54, 1.807) is 0 Å². The first-order chi connectivity index (χ1) is 14.9. The molecule has 4 N–H and O–H groups in total. The Balaban J connectivity index is 1.46. The summed E-state index contributed by atoms with van der Waals surface area (Å²) in [5.74, 6) is -1.16. The zero-order valence-corrected chi connectivity index (χ0v) is 18.1. The second-order valence-corrected chi connectivity index (χ2v) is 8.71. The summed E-state index contributed by atoms with van der Waals surface area (Å²) in [4.78, 5) is 19.6. The fraction of sp³-hybridized carbons (Fsp3) is 0.304. The van der Waals surface area contributed by atoms with Gasteiger partial charge in [0.2, 0.25) is 5.78 Å². The van der Waals surface area contributed by atoms with Crippen molar-refractivity contribution in [3.05, 3.63) is 64.3 Å². The lowest BCUT2D eigenvalue weighted by Gasteiger charge is -2.32. The largest absolute Gasteiger partial charge is 0.505 e. The van der Waals surface area contributed by atoms with Gasteiger partial charge < -0.3 is 21.1 Å². The molecule has 2 heterocycles. The standard InChI is InChI=1S/C23H25FN4O2S/c1-2-28-11-3-4-16(13-28)14-5-8-17(9-6-14)26-23-27-22(25)21(31-23)20(30)15-7-10-19(29)18(24)12-15/h5-10,12,16,29H,2-4,11,13,25H2,1H3,(H,26,27). The van der Waals surface area contributed by atoms with Crippen LogP contribution in [0.3, 0.4) is 0 Å². The van der Waals surface area contributed by atoms with Crippen LogP contribution in [-0.2, 0) is 0 Å². The van der Waals surface area contributed by atoms with Gasteiger partial charge in [-0.2, -0.15) is 0 Å². The van der Waals surface area contributed by atoms with E-state index in [9.17, 15) is 14.3 Å². The quantitative estimate of drug-likeness (QED) is 0.480. The highest BCUT2D eigenvalue weighted by molar-refractivity contribution is 7.18. The molecular weight excluding hydrogens is 415 g/mol. The van der Waals surface area contributed by atoms with Crippen LogP contribution in [0.2, 0.25) is 0 Å². The Labute approximate surface area is 184 Å². The van der Waals surface area contributed by atoms with Crippen molar-refractivity contribution >= 4 is 33.8 Å². The first-order valence-electron chi connectivity index (χ1n) is 10.3. The number of benzene rings is 2. The van der Waals surface area contributed by atoms with Crippen molar-refractivity contribution in [1.29, 1.82) is 0 Å². The van der Waals surface area contributed by atoms with Crippen LogP contribution < -0.4 is 11.1 Å². The number of ketones is 1. The fourth-order valence-electron chi connectivity index (χ4n) is 3.90. The number of anilines is 3. The number of likely N-dealkylation sites (tertiary alicyclic amines) is 1. The molecule has 1 saturated heterocycles. The monoisotopic (exact) mass is 440 g/mol. The zero-order valence-electron chi connectivity index (χ0n) is 17.3. The number of nitrogen functional groups attached to an aromatic ring is 1. The minimum atomic E-state index is -0.854. The number of rotatable bonds is 6. The van der Waals surface area contributed by atoms with Gasteiger partial charge in [-0.15, -0.1) is 0 Å². The maximum Gasteiger partial charge on any atom is 0.206 e. The first kappa shape index (κ1) is 21.3. The maximum absolute atomic E-state index is 13.6. The third-order valence-corrected chi connectivity index (χ3v) is 6.64. The van der Waals surface area contributed by atoms with E-state index >= 15 is 0 Å². The van der Waals surface area contributed by atoms with Crippen molar-refractivity contribution in [2.24, 2.45) is 0 Å². The Morgan fingerprint density at radius 3 is 2.81 bits per heavy atom. The van der Waals surface area contributed by atoms with E-state index in [4.69, 9.17) is 5.73 Å². The van der Waals surface area contributed by atoms with Gasteiger partial charge in [0.05, 0.1) is 0 Å². The van der Waals surface area contributed by atoms with E-state index in [-0.39, 0.29) is 16.3 Å². The lowest BCUT2D eigenvalue weighted by atomic mass is 9.90. The highest BCUT2D eigenvalue weighted by Crippen LogP contribution is 2.32. The number of hydrogen-bond donors (Lipinski definition) is 3. The highest BCUT2D eigenvalue weighted by Gasteiger charge is 2.21. The number of aromatic nitrogens is 1. The van der Waals surface area contributed by atoms with E-state index in [2.05, 4.69) is 34.3 Å². The van der Waals surface area contributed by atoms with Crippen LogP contribution in [0.4, 0.5) is 21.0 Å². The van der Waals surface area contributed by atoms with E-state index in [1.807, 2.05) is 12.1 Å². The van der Waals surface area contributed by atoms with E-state index in [0.717, 1.165) is 42.2 Å². The van der Waals surface area contributed by atoms with E-state index < -0.39 is 17.3 Å². The van der Waals surface area contributed by atoms with Gasteiger partial charge in [-0.1, -0.05) is 30.4 Å². The maximum atomic E-state index is 13.6. The van der Waals surface area contributed by atoms with Gasteiger partial charge in [-0.05, 0) is 67.7 Å². The molecule has 1 aliphatic heterocycles. The summed E-state index contributed by atoms with van der Waals surface area (Å²) in [6.45, 7) is 5.55. The molecule has 3 aromatic rings. The van der Waals surface area contributed by atoms with Gasteiger partial charge in [0.25, 0.3) is 0 Å². The summed E-state index contributed by atoms with van der Waals surface area (Å²) in [5, 5.41) is 13.0. The molecular formula is C23H25FN4O2S. The lowest BCUT2D eigenvalue weighted by Crippen LogP contribution is -2.34. The molecule has 6 nitrogen and oxygen atoms in total. The Hall–Kier alpha value is -2.97. The van der Waals surface area contributed by atoms with Crippen LogP contribution in [0.25, 0.3) is 0 Å². The third-order valence-electron chi connectivity index (χ3n) is 5.66. The van der Waals surface area contributed by atoms with Crippen LogP contribution in [0.5, 0.6) is 5.75 Å². The average molecular weight is 441 g/mol. The minimum absolute atomic E-state index is 0.0875. The number of nitrogens with one attached hydrogen (secondary N) is 1. The Morgan fingerprint density at radius 1 is 1.32 bits per heavy atom. The third kappa shape index (κ3) is 4.70. The van der Waals surface area contributed by atoms with Crippen molar-refractivity contribution < 1.29 is 14.3 Å². The van der Waals surface area contributed by atoms with E-state index in [1.165, 1.54) is 31.0 Å². The van der Waals surface area contributed by atoms with Crippen LogP contribution in [0.15, 0.2) is 42.5 Å².